The fourth-order valence-electron chi connectivity index (χ4n) is 3.16. The number of ether oxygens (including phenoxy) is 2. The van der Waals surface area contributed by atoms with Crippen LogP contribution in [0, 0.1) is 5.92 Å². The molecule has 1 saturated heterocycles. The first-order chi connectivity index (χ1) is 9.40. The van der Waals surface area contributed by atoms with Crippen LogP contribution in [0.15, 0.2) is 30.3 Å². The van der Waals surface area contributed by atoms with Crippen LogP contribution in [-0.4, -0.2) is 39.0 Å². The van der Waals surface area contributed by atoms with E-state index in [0.29, 0.717) is 11.8 Å². The Bertz CT molecular complexity index is 385. The molecule has 104 valence electrons. The van der Waals surface area contributed by atoms with Gasteiger partial charge in [0.1, 0.15) is 0 Å². The summed E-state index contributed by atoms with van der Waals surface area (Å²) >= 11 is 0. The third kappa shape index (κ3) is 2.99. The Hall–Kier alpha value is -0.900. The number of hydrogen-bond donors (Lipinski definition) is 1. The van der Waals surface area contributed by atoms with Crippen molar-refractivity contribution >= 4 is 0 Å². The highest BCUT2D eigenvalue weighted by Gasteiger charge is 2.41. The van der Waals surface area contributed by atoms with Crippen molar-refractivity contribution in [2.75, 3.05) is 26.8 Å². The maximum Gasteiger partial charge on any atom is 0.0793 e. The Labute approximate surface area is 115 Å². The van der Waals surface area contributed by atoms with Crippen molar-refractivity contribution in [2.45, 2.75) is 31.0 Å². The second kappa shape index (κ2) is 6.04. The summed E-state index contributed by atoms with van der Waals surface area (Å²) in [6.07, 6.45) is 3.10. The van der Waals surface area contributed by atoms with Gasteiger partial charge in [0, 0.05) is 26.1 Å². The molecule has 3 heteroatoms. The molecular formula is C16H23NO2. The fourth-order valence-corrected chi connectivity index (χ4v) is 3.16. The van der Waals surface area contributed by atoms with E-state index in [4.69, 9.17) is 9.47 Å². The summed E-state index contributed by atoms with van der Waals surface area (Å²) in [6.45, 7) is 2.68. The van der Waals surface area contributed by atoms with E-state index in [-0.39, 0.29) is 12.2 Å². The lowest BCUT2D eigenvalue weighted by molar-refractivity contribution is -0.0412. The lowest BCUT2D eigenvalue weighted by atomic mass is 9.85. The van der Waals surface area contributed by atoms with Crippen molar-refractivity contribution in [1.29, 1.82) is 0 Å². The maximum atomic E-state index is 6.01. The van der Waals surface area contributed by atoms with Gasteiger partial charge in [-0.1, -0.05) is 30.3 Å². The van der Waals surface area contributed by atoms with Gasteiger partial charge >= 0.3 is 0 Å². The van der Waals surface area contributed by atoms with Crippen LogP contribution in [0.2, 0.25) is 0 Å². The molecule has 3 rings (SSSR count). The molecule has 0 amide bonds. The molecule has 1 aromatic rings. The van der Waals surface area contributed by atoms with Crippen LogP contribution >= 0.6 is 0 Å². The first kappa shape index (κ1) is 13.1. The SMILES string of the molecule is COC(C1CC1)C(c1ccccc1)[C@@H]1CNCCO1. The molecule has 0 radical (unpaired) electrons. The molecule has 2 unspecified atom stereocenters. The first-order valence-electron chi connectivity index (χ1n) is 7.30. The third-order valence-electron chi connectivity index (χ3n) is 4.25. The molecule has 1 saturated carbocycles. The van der Waals surface area contributed by atoms with Crippen molar-refractivity contribution in [3.8, 4) is 0 Å². The van der Waals surface area contributed by atoms with Crippen LogP contribution in [0.4, 0.5) is 0 Å². The summed E-state index contributed by atoms with van der Waals surface area (Å²) in [7, 11) is 1.84. The van der Waals surface area contributed by atoms with Crippen LogP contribution in [0.5, 0.6) is 0 Å². The predicted molar refractivity (Wildman–Crippen MR) is 75.3 cm³/mol. The summed E-state index contributed by atoms with van der Waals surface area (Å²) in [4.78, 5) is 0. The van der Waals surface area contributed by atoms with Crippen LogP contribution in [-0.2, 0) is 9.47 Å². The van der Waals surface area contributed by atoms with Crippen molar-refractivity contribution in [2.24, 2.45) is 5.92 Å². The summed E-state index contributed by atoms with van der Waals surface area (Å²) in [5.41, 5.74) is 1.34. The maximum absolute atomic E-state index is 6.01. The summed E-state index contributed by atoms with van der Waals surface area (Å²) in [5.74, 6) is 1.05. The Morgan fingerprint density at radius 2 is 2.05 bits per heavy atom. The van der Waals surface area contributed by atoms with Gasteiger partial charge in [0.15, 0.2) is 0 Å². The first-order valence-corrected chi connectivity index (χ1v) is 7.30. The highest BCUT2D eigenvalue weighted by Crippen LogP contribution is 2.42. The Balaban J connectivity index is 1.85. The highest BCUT2D eigenvalue weighted by atomic mass is 16.5. The van der Waals surface area contributed by atoms with Gasteiger partial charge in [0.25, 0.3) is 0 Å². The number of rotatable bonds is 5. The number of morpholine rings is 1. The van der Waals surface area contributed by atoms with E-state index < -0.39 is 0 Å². The topological polar surface area (TPSA) is 30.5 Å². The monoisotopic (exact) mass is 261 g/mol. The van der Waals surface area contributed by atoms with E-state index in [0.717, 1.165) is 19.7 Å². The van der Waals surface area contributed by atoms with Gasteiger partial charge < -0.3 is 14.8 Å². The molecule has 1 N–H and O–H groups in total. The van der Waals surface area contributed by atoms with Gasteiger partial charge in [-0.05, 0) is 24.3 Å². The van der Waals surface area contributed by atoms with Gasteiger partial charge in [-0.15, -0.1) is 0 Å². The highest BCUT2D eigenvalue weighted by molar-refractivity contribution is 5.23. The third-order valence-corrected chi connectivity index (χ3v) is 4.25. The Morgan fingerprint density at radius 3 is 2.63 bits per heavy atom. The molecule has 19 heavy (non-hydrogen) atoms. The lowest BCUT2D eigenvalue weighted by Gasteiger charge is -2.36. The van der Waals surface area contributed by atoms with Gasteiger partial charge in [0.2, 0.25) is 0 Å². The van der Waals surface area contributed by atoms with Gasteiger partial charge in [-0.2, -0.15) is 0 Å². The molecular weight excluding hydrogens is 238 g/mol. The average molecular weight is 261 g/mol. The van der Waals surface area contributed by atoms with Crippen molar-refractivity contribution in [3.63, 3.8) is 0 Å². The van der Waals surface area contributed by atoms with Crippen molar-refractivity contribution in [3.05, 3.63) is 35.9 Å². The van der Waals surface area contributed by atoms with Gasteiger partial charge in [-0.25, -0.2) is 0 Å². The van der Waals surface area contributed by atoms with Crippen LogP contribution in [0.1, 0.15) is 24.3 Å². The zero-order valence-electron chi connectivity index (χ0n) is 11.5. The average Bonchev–Trinajstić information content (AvgIpc) is 3.31. The second-order valence-electron chi connectivity index (χ2n) is 5.59. The molecule has 3 nitrogen and oxygen atoms in total. The zero-order chi connectivity index (χ0) is 13.1. The van der Waals surface area contributed by atoms with E-state index in [1.165, 1.54) is 18.4 Å². The molecule has 1 aliphatic heterocycles. The van der Waals surface area contributed by atoms with Crippen LogP contribution in [0.3, 0.4) is 0 Å². The van der Waals surface area contributed by atoms with Crippen molar-refractivity contribution < 1.29 is 9.47 Å². The summed E-state index contributed by atoms with van der Waals surface area (Å²) in [6, 6.07) is 10.7. The molecule has 1 aromatic carbocycles. The number of hydrogen-bond acceptors (Lipinski definition) is 3. The Morgan fingerprint density at radius 1 is 1.26 bits per heavy atom. The smallest absolute Gasteiger partial charge is 0.0793 e. The molecule has 2 aliphatic rings. The molecule has 1 aliphatic carbocycles. The minimum Gasteiger partial charge on any atom is -0.380 e. The standard InChI is InChI=1S/C16H23NO2/c1-18-16(13-7-8-13)15(12-5-3-2-4-6-12)14-11-17-9-10-19-14/h2-6,13-17H,7-11H2,1H3/t14-,15?,16?/m0/s1. The van der Waals surface area contributed by atoms with E-state index in [9.17, 15) is 0 Å². The number of methoxy groups -OCH3 is 1. The normalized spacial score (nSPS) is 26.9. The number of nitrogens with one attached hydrogen (secondary N) is 1. The lowest BCUT2D eigenvalue weighted by Crippen LogP contribution is -2.46. The fraction of sp³-hybridized carbons (Fsp3) is 0.625. The van der Waals surface area contributed by atoms with E-state index >= 15 is 0 Å². The van der Waals surface area contributed by atoms with Crippen molar-refractivity contribution in [1.82, 2.24) is 5.32 Å². The zero-order valence-corrected chi connectivity index (χ0v) is 11.5. The number of benzene rings is 1. The quantitative estimate of drug-likeness (QED) is 0.881. The van der Waals surface area contributed by atoms with E-state index in [1.54, 1.807) is 0 Å². The van der Waals surface area contributed by atoms with E-state index in [1.807, 2.05) is 7.11 Å². The summed E-state index contributed by atoms with van der Waals surface area (Å²) in [5, 5.41) is 3.44. The van der Waals surface area contributed by atoms with Gasteiger partial charge in [-0.3, -0.25) is 0 Å². The molecule has 2 fully saturated rings. The van der Waals surface area contributed by atoms with Crippen LogP contribution < -0.4 is 5.32 Å². The predicted octanol–water partition coefficient (Wildman–Crippen LogP) is 2.18. The molecule has 3 atom stereocenters. The summed E-state index contributed by atoms with van der Waals surface area (Å²) < 4.78 is 11.8. The minimum atomic E-state index is 0.224. The Kier molecular flexibility index (Phi) is 4.16. The molecule has 0 aromatic heterocycles. The molecule has 0 spiro atoms. The molecule has 0 bridgehead atoms. The van der Waals surface area contributed by atoms with Gasteiger partial charge in [0.05, 0.1) is 18.8 Å². The second-order valence-corrected chi connectivity index (χ2v) is 5.59. The minimum absolute atomic E-state index is 0.224. The largest absolute Gasteiger partial charge is 0.380 e. The van der Waals surface area contributed by atoms with Crippen LogP contribution in [0.25, 0.3) is 0 Å². The van der Waals surface area contributed by atoms with E-state index in [2.05, 4.69) is 35.6 Å². The molecule has 1 heterocycles.